The fourth-order valence-electron chi connectivity index (χ4n) is 3.93. The first-order chi connectivity index (χ1) is 17.1. The molecule has 0 rings (SSSR count). The van der Waals surface area contributed by atoms with Crippen LogP contribution in [0.2, 0.25) is 0 Å². The van der Waals surface area contributed by atoms with Crippen LogP contribution >= 0.6 is 21.3 Å². The molecular formula is C27H51O6PS. The van der Waals surface area contributed by atoms with Crippen molar-refractivity contribution in [1.29, 1.82) is 0 Å². The van der Waals surface area contributed by atoms with Crippen molar-refractivity contribution in [3.05, 3.63) is 0 Å². The van der Waals surface area contributed by atoms with E-state index < -0.39 is 14.8 Å². The predicted molar refractivity (Wildman–Crippen MR) is 146 cm³/mol. The third kappa shape index (κ3) is 26.2. The van der Waals surface area contributed by atoms with Gasteiger partial charge < -0.3 is 9.47 Å². The molecule has 0 radical (unpaired) electrons. The topological polar surface area (TPSA) is 78.9 Å². The van der Waals surface area contributed by atoms with Crippen molar-refractivity contribution in [3.63, 3.8) is 0 Å². The van der Waals surface area contributed by atoms with Crippen molar-refractivity contribution >= 4 is 33.3 Å². The molecule has 8 heteroatoms. The van der Waals surface area contributed by atoms with E-state index in [2.05, 4.69) is 19.6 Å². The number of thiol groups is 1. The maximum atomic E-state index is 12.1. The van der Waals surface area contributed by atoms with E-state index >= 15 is 0 Å². The van der Waals surface area contributed by atoms with Crippen LogP contribution in [0.3, 0.4) is 0 Å². The first-order valence-corrected chi connectivity index (χ1v) is 15.4. The van der Waals surface area contributed by atoms with E-state index in [1.807, 2.05) is 0 Å². The minimum Gasteiger partial charge on any atom is -0.462 e. The maximum absolute atomic E-state index is 12.1. The summed E-state index contributed by atoms with van der Waals surface area (Å²) in [6, 6.07) is 0. The minimum atomic E-state index is -0.728. The summed E-state index contributed by atoms with van der Waals surface area (Å²) in [5, 5.41) is 0. The normalized spacial score (nSPS) is 12.1. The Kier molecular flexibility index (Phi) is 27.4. The minimum absolute atomic E-state index is 0.0597. The van der Waals surface area contributed by atoms with Gasteiger partial charge in [-0.25, -0.2) is 4.57 Å². The average molecular weight is 535 g/mol. The average Bonchev–Trinajstić information content (AvgIpc) is 2.85. The van der Waals surface area contributed by atoms with E-state index in [1.165, 1.54) is 77.0 Å². The summed E-state index contributed by atoms with van der Waals surface area (Å²) in [5.41, 5.74) is 0. The van der Waals surface area contributed by atoms with Gasteiger partial charge in [0.2, 0.25) is 0 Å². The summed E-state index contributed by atoms with van der Waals surface area (Å²) < 4.78 is 26.1. The molecule has 35 heavy (non-hydrogen) atoms. The van der Waals surface area contributed by atoms with Crippen LogP contribution in [-0.4, -0.2) is 37.0 Å². The highest BCUT2D eigenvalue weighted by atomic mass is 32.1. The Morgan fingerprint density at radius 2 is 1.11 bits per heavy atom. The maximum Gasteiger partial charge on any atom is 0.327 e. The van der Waals surface area contributed by atoms with E-state index in [0.29, 0.717) is 12.8 Å². The Balaban J connectivity index is 3.83. The molecule has 0 aromatic rings. The monoisotopic (exact) mass is 534 g/mol. The SMILES string of the molecule is CCCCCCCCCCCC(=O)O[C@H](COP=O)COC(=O)CCCCCCCCCCCS. The summed E-state index contributed by atoms with van der Waals surface area (Å²) in [7, 11) is -0.486. The largest absolute Gasteiger partial charge is 0.462 e. The van der Waals surface area contributed by atoms with Crippen molar-refractivity contribution < 1.29 is 28.2 Å². The lowest BCUT2D eigenvalue weighted by Crippen LogP contribution is -2.28. The van der Waals surface area contributed by atoms with Gasteiger partial charge in [0.15, 0.2) is 6.10 Å². The van der Waals surface area contributed by atoms with Gasteiger partial charge in [0, 0.05) is 12.8 Å². The Morgan fingerprint density at radius 3 is 1.60 bits per heavy atom. The Labute approximate surface area is 221 Å². The molecule has 0 unspecified atom stereocenters. The van der Waals surface area contributed by atoms with Gasteiger partial charge in [0.05, 0.1) is 0 Å². The highest BCUT2D eigenvalue weighted by molar-refractivity contribution is 7.80. The number of carbonyl (C=O) groups excluding carboxylic acids is 2. The predicted octanol–water partition coefficient (Wildman–Crippen LogP) is 8.42. The van der Waals surface area contributed by atoms with Gasteiger partial charge in [0.1, 0.15) is 13.2 Å². The lowest BCUT2D eigenvalue weighted by atomic mass is 10.1. The molecular weight excluding hydrogens is 483 g/mol. The molecule has 0 saturated heterocycles. The number of ether oxygens (including phenoxy) is 2. The standard InChI is InChI=1S/C27H51O6PS/c1-2-3-4-5-6-8-12-15-18-21-27(29)33-25(24-32-34-30)23-31-26(28)20-17-14-11-9-7-10-13-16-19-22-35/h25,35H,2-24H2,1H3/t25-/m0/s1. The molecule has 0 spiro atoms. The molecule has 1 atom stereocenters. The molecule has 206 valence electrons. The van der Waals surface area contributed by atoms with E-state index in [9.17, 15) is 14.2 Å². The Hall–Kier alpha value is -0.650. The van der Waals surface area contributed by atoms with Gasteiger partial charge in [-0.15, -0.1) is 0 Å². The van der Waals surface area contributed by atoms with Crippen molar-refractivity contribution in [2.24, 2.45) is 0 Å². The van der Waals surface area contributed by atoms with E-state index in [0.717, 1.165) is 44.3 Å². The van der Waals surface area contributed by atoms with Crippen molar-refractivity contribution in [2.45, 2.75) is 141 Å². The highest BCUT2D eigenvalue weighted by Crippen LogP contribution is 2.13. The van der Waals surface area contributed by atoms with Crippen LogP contribution in [0.5, 0.6) is 0 Å². The lowest BCUT2D eigenvalue weighted by molar-refractivity contribution is -0.160. The summed E-state index contributed by atoms with van der Waals surface area (Å²) in [4.78, 5) is 24.2. The zero-order valence-corrected chi connectivity index (χ0v) is 24.0. The second-order valence-electron chi connectivity index (χ2n) is 9.40. The van der Waals surface area contributed by atoms with Crippen LogP contribution in [0, 0.1) is 0 Å². The number of carbonyl (C=O) groups is 2. The Bertz CT molecular complexity index is 506. The summed E-state index contributed by atoms with van der Waals surface area (Å²) in [5.74, 6) is 0.353. The fraction of sp³-hybridized carbons (Fsp3) is 0.926. The van der Waals surface area contributed by atoms with Gasteiger partial charge in [-0.2, -0.15) is 12.6 Å². The van der Waals surface area contributed by atoms with Crippen LogP contribution in [0.15, 0.2) is 0 Å². The van der Waals surface area contributed by atoms with E-state index in [4.69, 9.17) is 14.0 Å². The van der Waals surface area contributed by atoms with Gasteiger partial charge in [-0.1, -0.05) is 103 Å². The zero-order chi connectivity index (χ0) is 25.8. The second kappa shape index (κ2) is 27.9. The first-order valence-electron chi connectivity index (χ1n) is 14.0. The molecule has 0 aromatic heterocycles. The second-order valence-corrected chi connectivity index (χ2v) is 10.3. The van der Waals surface area contributed by atoms with Crippen molar-refractivity contribution in [3.8, 4) is 0 Å². The first kappa shape index (κ1) is 34.4. The molecule has 0 saturated carbocycles. The van der Waals surface area contributed by atoms with Crippen molar-refractivity contribution in [1.82, 2.24) is 0 Å². The van der Waals surface area contributed by atoms with Crippen LogP contribution in [-0.2, 0) is 28.2 Å². The molecule has 0 N–H and O–H groups in total. The molecule has 0 aromatic carbocycles. The summed E-state index contributed by atoms with van der Waals surface area (Å²) in [6.07, 6.45) is 21.0. The quantitative estimate of drug-likeness (QED) is 0.0493. The molecule has 0 aliphatic carbocycles. The van der Waals surface area contributed by atoms with E-state index in [-0.39, 0.29) is 25.2 Å². The molecule has 0 fully saturated rings. The van der Waals surface area contributed by atoms with Gasteiger partial charge in [0.25, 0.3) is 0 Å². The summed E-state index contributed by atoms with van der Waals surface area (Å²) >= 11 is 4.23. The number of esters is 2. The fourth-order valence-corrected chi connectivity index (χ4v) is 4.38. The van der Waals surface area contributed by atoms with Gasteiger partial charge in [-0.05, 0) is 25.0 Å². The lowest BCUT2D eigenvalue weighted by Gasteiger charge is -2.16. The van der Waals surface area contributed by atoms with Crippen LogP contribution in [0.1, 0.15) is 135 Å². The molecule has 0 bridgehead atoms. The van der Waals surface area contributed by atoms with Gasteiger partial charge in [-0.3, -0.25) is 14.1 Å². The molecule has 0 aliphatic heterocycles. The molecule has 0 heterocycles. The number of hydrogen-bond donors (Lipinski definition) is 1. The third-order valence-corrected chi connectivity index (χ3v) is 6.64. The number of unbranched alkanes of at least 4 members (excludes halogenated alkanes) is 16. The van der Waals surface area contributed by atoms with Gasteiger partial charge >= 0.3 is 20.6 Å². The van der Waals surface area contributed by atoms with Crippen molar-refractivity contribution in [2.75, 3.05) is 19.0 Å². The summed E-state index contributed by atoms with van der Waals surface area (Å²) in [6.45, 7) is 2.10. The molecule has 0 amide bonds. The molecule has 0 aliphatic rings. The highest BCUT2D eigenvalue weighted by Gasteiger charge is 2.17. The zero-order valence-electron chi connectivity index (χ0n) is 22.2. The third-order valence-electron chi connectivity index (χ3n) is 6.06. The van der Waals surface area contributed by atoms with Crippen LogP contribution in [0.25, 0.3) is 0 Å². The number of rotatable bonds is 27. The van der Waals surface area contributed by atoms with Crippen LogP contribution in [0.4, 0.5) is 0 Å². The number of hydrogen-bond acceptors (Lipinski definition) is 7. The Morgan fingerprint density at radius 1 is 0.657 bits per heavy atom. The molecule has 6 nitrogen and oxygen atoms in total. The van der Waals surface area contributed by atoms with Crippen LogP contribution < -0.4 is 0 Å². The van der Waals surface area contributed by atoms with E-state index in [1.54, 1.807) is 0 Å². The smallest absolute Gasteiger partial charge is 0.327 e.